The van der Waals surface area contributed by atoms with E-state index in [2.05, 4.69) is 15.1 Å². The number of carbonyl (C=O) groups excluding carboxylic acids is 1. The number of aliphatic hydroxyl groups excluding tert-OH is 1. The summed E-state index contributed by atoms with van der Waals surface area (Å²) >= 11 is 0. The molecule has 8 nitrogen and oxygen atoms in total. The molecule has 3 N–H and O–H groups in total. The molecule has 2 aromatic rings. The summed E-state index contributed by atoms with van der Waals surface area (Å²) < 4.78 is 30.6. The molecule has 3 heterocycles. The highest BCUT2D eigenvalue weighted by atomic mass is 19.3. The number of amides is 1. The van der Waals surface area contributed by atoms with Gasteiger partial charge in [-0.25, -0.2) is 18.4 Å². The van der Waals surface area contributed by atoms with E-state index in [4.69, 9.17) is 5.73 Å². The zero-order chi connectivity index (χ0) is 18.5. The zero-order valence-corrected chi connectivity index (χ0v) is 13.8. The summed E-state index contributed by atoms with van der Waals surface area (Å²) in [6.45, 7) is -0.146. The van der Waals surface area contributed by atoms with Gasteiger partial charge >= 0.3 is 0 Å². The first-order valence-corrected chi connectivity index (χ1v) is 8.42. The van der Waals surface area contributed by atoms with Crippen molar-refractivity contribution in [3.8, 4) is 5.82 Å². The Kier molecular flexibility index (Phi) is 3.87. The number of aromatic nitrogens is 4. The number of hydrogen-bond donors (Lipinski definition) is 2. The SMILES string of the molecule is Nc1nc2c(c(-n3cccn3)n1)C(=O)N(C1C(O)CCCCC1(F)F)C2. The van der Waals surface area contributed by atoms with E-state index in [1.165, 1.54) is 10.9 Å². The first-order chi connectivity index (χ1) is 12.4. The summed E-state index contributed by atoms with van der Waals surface area (Å²) in [5, 5.41) is 14.3. The minimum absolute atomic E-state index is 0.0722. The maximum atomic E-state index is 14.6. The molecule has 0 bridgehead atoms. The third-order valence-electron chi connectivity index (χ3n) is 4.89. The van der Waals surface area contributed by atoms with Gasteiger partial charge in [-0.2, -0.15) is 10.1 Å². The average molecular weight is 364 g/mol. The molecule has 1 aliphatic carbocycles. The van der Waals surface area contributed by atoms with E-state index in [9.17, 15) is 18.7 Å². The molecule has 1 fully saturated rings. The van der Waals surface area contributed by atoms with Crippen LogP contribution in [0.5, 0.6) is 0 Å². The molecule has 26 heavy (non-hydrogen) atoms. The van der Waals surface area contributed by atoms with Crippen LogP contribution in [0.25, 0.3) is 5.82 Å². The summed E-state index contributed by atoms with van der Waals surface area (Å²) in [4.78, 5) is 22.1. The summed E-state index contributed by atoms with van der Waals surface area (Å²) in [6.07, 6.45) is 2.44. The highest BCUT2D eigenvalue weighted by Crippen LogP contribution is 2.39. The van der Waals surface area contributed by atoms with Crippen LogP contribution >= 0.6 is 0 Å². The van der Waals surface area contributed by atoms with Gasteiger partial charge in [-0.05, 0) is 18.9 Å². The Balaban J connectivity index is 1.78. The average Bonchev–Trinajstić information content (AvgIpc) is 3.17. The fourth-order valence-corrected chi connectivity index (χ4v) is 3.74. The first-order valence-electron chi connectivity index (χ1n) is 8.42. The van der Waals surface area contributed by atoms with Crippen molar-refractivity contribution >= 4 is 11.9 Å². The van der Waals surface area contributed by atoms with E-state index in [-0.39, 0.29) is 42.4 Å². The number of alkyl halides is 2. The lowest BCUT2D eigenvalue weighted by atomic mass is 10.0. The van der Waals surface area contributed by atoms with Crippen molar-refractivity contribution < 1.29 is 18.7 Å². The molecule has 138 valence electrons. The van der Waals surface area contributed by atoms with E-state index in [0.717, 1.165) is 4.90 Å². The maximum absolute atomic E-state index is 14.6. The zero-order valence-electron chi connectivity index (χ0n) is 13.8. The third kappa shape index (κ3) is 2.61. The number of carbonyl (C=O) groups is 1. The van der Waals surface area contributed by atoms with Crippen molar-refractivity contribution in [3.63, 3.8) is 0 Å². The second-order valence-corrected chi connectivity index (χ2v) is 6.63. The number of nitrogen functional groups attached to an aromatic ring is 1. The lowest BCUT2D eigenvalue weighted by molar-refractivity contribution is -0.112. The predicted molar refractivity (Wildman–Crippen MR) is 86.6 cm³/mol. The van der Waals surface area contributed by atoms with Crippen LogP contribution in [-0.2, 0) is 6.54 Å². The second-order valence-electron chi connectivity index (χ2n) is 6.63. The number of anilines is 1. The fourth-order valence-electron chi connectivity index (χ4n) is 3.74. The Morgan fingerprint density at radius 2 is 2.12 bits per heavy atom. The van der Waals surface area contributed by atoms with E-state index < -0.39 is 24.0 Å². The van der Waals surface area contributed by atoms with Gasteiger partial charge in [0, 0.05) is 18.8 Å². The van der Waals surface area contributed by atoms with Gasteiger partial charge in [0.25, 0.3) is 11.8 Å². The molecule has 1 saturated carbocycles. The molecule has 0 radical (unpaired) electrons. The lowest BCUT2D eigenvalue weighted by Crippen LogP contribution is -2.54. The number of nitrogens with zero attached hydrogens (tertiary/aromatic N) is 5. The Morgan fingerprint density at radius 1 is 1.31 bits per heavy atom. The Hall–Kier alpha value is -2.62. The maximum Gasteiger partial charge on any atom is 0.270 e. The normalized spacial score (nSPS) is 25.2. The van der Waals surface area contributed by atoms with Crippen molar-refractivity contribution in [2.75, 3.05) is 5.73 Å². The smallest absolute Gasteiger partial charge is 0.270 e. The van der Waals surface area contributed by atoms with Crippen molar-refractivity contribution in [2.24, 2.45) is 0 Å². The van der Waals surface area contributed by atoms with E-state index in [1.807, 2.05) is 0 Å². The summed E-state index contributed by atoms with van der Waals surface area (Å²) in [6, 6.07) is 0.0452. The molecule has 0 spiro atoms. The molecule has 0 aromatic carbocycles. The van der Waals surface area contributed by atoms with Crippen molar-refractivity contribution in [1.29, 1.82) is 0 Å². The molecule has 10 heteroatoms. The third-order valence-corrected chi connectivity index (χ3v) is 4.89. The summed E-state index contributed by atoms with van der Waals surface area (Å²) in [5.74, 6) is -3.75. The Labute approximate surface area is 147 Å². The second kappa shape index (κ2) is 5.97. The number of halogens is 2. The number of fused-ring (bicyclic) bond motifs is 1. The van der Waals surface area contributed by atoms with Gasteiger partial charge in [0.15, 0.2) is 5.82 Å². The van der Waals surface area contributed by atoms with Gasteiger partial charge in [-0.1, -0.05) is 6.42 Å². The van der Waals surface area contributed by atoms with Crippen molar-refractivity contribution in [3.05, 3.63) is 29.7 Å². The van der Waals surface area contributed by atoms with Crippen molar-refractivity contribution in [1.82, 2.24) is 24.6 Å². The van der Waals surface area contributed by atoms with Crippen LogP contribution in [-0.4, -0.2) is 53.7 Å². The quantitative estimate of drug-likeness (QED) is 0.773. The molecular weight excluding hydrogens is 346 g/mol. The minimum atomic E-state index is -3.18. The van der Waals surface area contributed by atoms with Gasteiger partial charge in [0.1, 0.15) is 11.6 Å². The molecule has 0 saturated heterocycles. The Bertz CT molecular complexity index is 842. The largest absolute Gasteiger partial charge is 0.391 e. The van der Waals surface area contributed by atoms with Crippen LogP contribution in [0.1, 0.15) is 41.7 Å². The standard InChI is InChI=1S/C16H18F2N6O2/c17-16(18)5-2-1-4-10(25)12(16)23-8-9-11(14(23)26)13(22-15(19)21-9)24-7-3-6-20-24/h3,6-7,10,12,25H,1-2,4-5,8H2,(H2,19,21,22). The van der Waals surface area contributed by atoms with Crippen LogP contribution in [0.4, 0.5) is 14.7 Å². The van der Waals surface area contributed by atoms with Crippen LogP contribution in [0.3, 0.4) is 0 Å². The number of aliphatic hydroxyl groups is 1. The van der Waals surface area contributed by atoms with Crippen molar-refractivity contribution in [2.45, 2.75) is 50.3 Å². The van der Waals surface area contributed by atoms with E-state index >= 15 is 0 Å². The summed E-state index contributed by atoms with van der Waals surface area (Å²) in [5.41, 5.74) is 6.08. The van der Waals surface area contributed by atoms with Gasteiger partial charge in [-0.15, -0.1) is 0 Å². The number of rotatable bonds is 2. The van der Waals surface area contributed by atoms with Gasteiger partial charge < -0.3 is 15.7 Å². The molecular formula is C16H18F2N6O2. The molecule has 1 aliphatic heterocycles. The first kappa shape index (κ1) is 16.8. The molecule has 2 aliphatic rings. The number of nitrogens with two attached hydrogens (primary N) is 1. The topological polar surface area (TPSA) is 110 Å². The van der Waals surface area contributed by atoms with Gasteiger partial charge in [0.05, 0.1) is 18.3 Å². The molecule has 1 amide bonds. The Morgan fingerprint density at radius 3 is 2.85 bits per heavy atom. The highest BCUT2D eigenvalue weighted by molar-refractivity contribution is 6.01. The minimum Gasteiger partial charge on any atom is -0.391 e. The number of hydrogen-bond acceptors (Lipinski definition) is 6. The highest BCUT2D eigenvalue weighted by Gasteiger charge is 2.52. The van der Waals surface area contributed by atoms with Gasteiger partial charge in [0.2, 0.25) is 5.95 Å². The molecule has 2 aromatic heterocycles. The van der Waals surface area contributed by atoms with Gasteiger partial charge in [-0.3, -0.25) is 4.79 Å². The fraction of sp³-hybridized carbons (Fsp3) is 0.500. The van der Waals surface area contributed by atoms with E-state index in [1.54, 1.807) is 12.3 Å². The molecule has 2 unspecified atom stereocenters. The van der Waals surface area contributed by atoms with Crippen LogP contribution in [0.15, 0.2) is 18.5 Å². The molecule has 4 rings (SSSR count). The van der Waals surface area contributed by atoms with Crippen LogP contribution in [0, 0.1) is 0 Å². The lowest BCUT2D eigenvalue weighted by Gasteiger charge is -2.35. The predicted octanol–water partition coefficient (Wildman–Crippen LogP) is 1.14. The molecule has 2 atom stereocenters. The monoisotopic (exact) mass is 364 g/mol. The van der Waals surface area contributed by atoms with Crippen LogP contribution < -0.4 is 5.73 Å². The summed E-state index contributed by atoms with van der Waals surface area (Å²) in [7, 11) is 0. The van der Waals surface area contributed by atoms with Crippen LogP contribution in [0.2, 0.25) is 0 Å². The van der Waals surface area contributed by atoms with E-state index in [0.29, 0.717) is 12.8 Å².